The maximum Gasteiger partial charge on any atom is 0.334 e. The number of nitrogens with zero attached hydrogens (tertiary/aromatic N) is 5. The molecule has 1 atom stereocenters. The number of carbonyl (C=O) groups excluding carboxylic acids is 1. The number of likely N-dealkylation sites (tertiary alicyclic amines) is 1. The predicted octanol–water partition coefficient (Wildman–Crippen LogP) is 6.20. The van der Waals surface area contributed by atoms with Gasteiger partial charge in [0.1, 0.15) is 0 Å². The Hall–Kier alpha value is -5.49. The topological polar surface area (TPSA) is 183 Å². The second kappa shape index (κ2) is 17.4. The number of nitrogens with one attached hydrogen (secondary N) is 2. The fourth-order valence-electron chi connectivity index (χ4n) is 7.19. The molecule has 3 N–H and O–H groups in total. The minimum atomic E-state index is -1.21. The van der Waals surface area contributed by atoms with Gasteiger partial charge in [-0.3, -0.25) is 14.9 Å². The lowest BCUT2D eigenvalue weighted by Gasteiger charge is -2.43. The lowest BCUT2D eigenvalue weighted by molar-refractivity contribution is -0.384. The van der Waals surface area contributed by atoms with Crippen molar-refractivity contribution < 1.29 is 24.4 Å². The summed E-state index contributed by atoms with van der Waals surface area (Å²) in [5.41, 5.74) is 12.4. The summed E-state index contributed by atoms with van der Waals surface area (Å²) < 4.78 is 5.73. The number of nitro groups is 1. The van der Waals surface area contributed by atoms with Gasteiger partial charge in [0.05, 0.1) is 40.9 Å². The number of carboxylic acids is 1. The van der Waals surface area contributed by atoms with E-state index >= 15 is 0 Å². The van der Waals surface area contributed by atoms with Gasteiger partial charge in [-0.05, 0) is 67.5 Å². The van der Waals surface area contributed by atoms with Crippen LogP contribution in [0.2, 0.25) is 0 Å². The number of allylic oxidation sites excluding steroid dienone is 1. The molecule has 1 fully saturated rings. The largest absolute Gasteiger partial charge is 0.478 e. The van der Waals surface area contributed by atoms with Gasteiger partial charge in [0.25, 0.3) is 5.69 Å². The van der Waals surface area contributed by atoms with Gasteiger partial charge >= 0.3 is 5.97 Å². The number of non-ortho nitro benzene ring substituents is 1. The molecule has 0 spiro atoms. The maximum atomic E-state index is 14.0. The molecule has 13 heteroatoms. The zero-order chi connectivity index (χ0) is 36.2. The Bertz CT molecular complexity index is 1760. The molecule has 266 valence electrons. The Morgan fingerprint density at radius 3 is 2.20 bits per heavy atom. The van der Waals surface area contributed by atoms with Crippen molar-refractivity contribution in [3.63, 3.8) is 0 Å². The minimum Gasteiger partial charge on any atom is -0.478 e. The number of rotatable bonds is 16. The molecule has 1 unspecified atom stereocenters. The Kier molecular flexibility index (Phi) is 12.6. The number of hydrogen-bond donors (Lipinski definition) is 3. The molecule has 5 rings (SSSR count). The molecular weight excluding hydrogens is 650 g/mol. The summed E-state index contributed by atoms with van der Waals surface area (Å²) in [4.78, 5) is 42.7. The Morgan fingerprint density at radius 2 is 1.65 bits per heavy atom. The van der Waals surface area contributed by atoms with Gasteiger partial charge in [-0.1, -0.05) is 84.8 Å². The number of carbonyl (C=O) groups is 2. The third kappa shape index (κ3) is 8.64. The summed E-state index contributed by atoms with van der Waals surface area (Å²) in [5.74, 6) is -2.68. The number of piperidine rings is 1. The molecule has 2 aliphatic rings. The molecular formula is C38H43N7O6. The average molecular weight is 694 g/mol. The van der Waals surface area contributed by atoms with Crippen molar-refractivity contribution in [1.82, 2.24) is 15.5 Å². The first-order chi connectivity index (χ1) is 24.8. The summed E-state index contributed by atoms with van der Waals surface area (Å²) >= 11 is 0. The normalized spacial score (nSPS) is 17.3. The Morgan fingerprint density at radius 1 is 1.02 bits per heavy atom. The van der Waals surface area contributed by atoms with Crippen molar-refractivity contribution in [2.45, 2.75) is 43.9 Å². The monoisotopic (exact) mass is 693 g/mol. The second-order valence-electron chi connectivity index (χ2n) is 12.6. The van der Waals surface area contributed by atoms with Crippen LogP contribution in [-0.4, -0.2) is 72.7 Å². The summed E-state index contributed by atoms with van der Waals surface area (Å²) in [7, 11) is 0. The van der Waals surface area contributed by atoms with Crippen molar-refractivity contribution in [3.05, 3.63) is 145 Å². The number of aliphatic carboxylic acids is 1. The zero-order valence-corrected chi connectivity index (χ0v) is 28.7. The van der Waals surface area contributed by atoms with E-state index in [1.807, 2.05) is 12.1 Å². The highest BCUT2D eigenvalue weighted by atomic mass is 16.6. The predicted molar refractivity (Wildman–Crippen MR) is 193 cm³/mol. The third-order valence-corrected chi connectivity index (χ3v) is 9.74. The van der Waals surface area contributed by atoms with E-state index in [1.54, 1.807) is 6.92 Å². The van der Waals surface area contributed by atoms with E-state index in [0.717, 1.165) is 32.5 Å². The lowest BCUT2D eigenvalue weighted by atomic mass is 9.68. The van der Waals surface area contributed by atoms with Gasteiger partial charge < -0.3 is 25.4 Å². The van der Waals surface area contributed by atoms with E-state index in [1.165, 1.54) is 35.4 Å². The highest BCUT2D eigenvalue weighted by Gasteiger charge is 2.39. The molecule has 0 radical (unpaired) electrons. The van der Waals surface area contributed by atoms with E-state index in [2.05, 4.69) is 74.1 Å². The molecule has 3 aromatic carbocycles. The van der Waals surface area contributed by atoms with E-state index in [-0.39, 0.29) is 42.0 Å². The molecule has 2 aliphatic heterocycles. The van der Waals surface area contributed by atoms with Crippen LogP contribution in [0, 0.1) is 10.1 Å². The molecule has 1 saturated heterocycles. The number of nitro benzene ring substituents is 1. The summed E-state index contributed by atoms with van der Waals surface area (Å²) in [6.07, 6.45) is 2.94. The van der Waals surface area contributed by atoms with Gasteiger partial charge in [0.2, 0.25) is 5.91 Å². The number of ether oxygens (including phenoxy) is 1. The van der Waals surface area contributed by atoms with Crippen molar-refractivity contribution in [3.8, 4) is 0 Å². The number of dihydropyridines is 1. The van der Waals surface area contributed by atoms with Gasteiger partial charge in [0.15, 0.2) is 0 Å². The van der Waals surface area contributed by atoms with Crippen LogP contribution in [0.5, 0.6) is 0 Å². The number of amides is 1. The average Bonchev–Trinajstić information content (AvgIpc) is 3.16. The van der Waals surface area contributed by atoms with E-state index in [0.29, 0.717) is 36.3 Å². The number of benzene rings is 3. The molecule has 0 aromatic heterocycles. The smallest absolute Gasteiger partial charge is 0.334 e. The standard InChI is InChI=1S/C38H43N7O6/c1-2-31-35(37(47)48)33(27-14-16-30(17-15-27)45(49)50)34(32(42-31)26-51-25-21-41-43-39)36(46)40-20-9-22-44-23-18-38(19-24-44,28-10-5-3-6-11-28)29-12-7-4-8-13-29/h3-8,10-17,33,42H,2,9,18-26H2,1H3,(H,40,46)(H,47,48). The number of hydrogen-bond acceptors (Lipinski definition) is 8. The highest BCUT2D eigenvalue weighted by molar-refractivity contribution is 6.01. The summed E-state index contributed by atoms with van der Waals surface area (Å²) in [6, 6.07) is 26.9. The minimum absolute atomic E-state index is 0.0111. The van der Waals surface area contributed by atoms with Crippen LogP contribution < -0.4 is 10.6 Å². The van der Waals surface area contributed by atoms with Crippen LogP contribution >= 0.6 is 0 Å². The van der Waals surface area contributed by atoms with Crippen LogP contribution in [0.3, 0.4) is 0 Å². The van der Waals surface area contributed by atoms with Crippen LogP contribution in [-0.2, 0) is 19.7 Å². The molecule has 13 nitrogen and oxygen atoms in total. The molecule has 51 heavy (non-hydrogen) atoms. The van der Waals surface area contributed by atoms with Crippen molar-refractivity contribution in [2.75, 3.05) is 45.9 Å². The SMILES string of the molecule is CCC1=C(C(=O)O)C(c2ccc([N+](=O)[O-])cc2)C(C(=O)NCCCN2CCC(c3ccccc3)(c3ccccc3)CC2)=C(COCCN=[N+]=[N-])N1. The van der Waals surface area contributed by atoms with E-state index in [4.69, 9.17) is 10.3 Å². The lowest BCUT2D eigenvalue weighted by Crippen LogP contribution is -2.44. The molecule has 0 saturated carbocycles. The first-order valence-electron chi connectivity index (χ1n) is 17.2. The van der Waals surface area contributed by atoms with Crippen LogP contribution in [0.25, 0.3) is 10.4 Å². The van der Waals surface area contributed by atoms with Gasteiger partial charge in [0, 0.05) is 41.2 Å². The van der Waals surface area contributed by atoms with Gasteiger partial charge in [-0.2, -0.15) is 0 Å². The summed E-state index contributed by atoms with van der Waals surface area (Å²) in [5, 5.41) is 31.4. The molecule has 2 heterocycles. The maximum absolute atomic E-state index is 14.0. The number of azide groups is 1. The molecule has 1 amide bonds. The quantitative estimate of drug-likeness (QED) is 0.0396. The highest BCUT2D eigenvalue weighted by Crippen LogP contribution is 2.42. The van der Waals surface area contributed by atoms with Crippen LogP contribution in [0.15, 0.2) is 113 Å². The molecule has 3 aromatic rings. The van der Waals surface area contributed by atoms with Crippen molar-refractivity contribution in [2.24, 2.45) is 5.11 Å². The first kappa shape index (κ1) is 36.8. The third-order valence-electron chi connectivity index (χ3n) is 9.74. The Labute approximate surface area is 296 Å². The first-order valence-corrected chi connectivity index (χ1v) is 17.2. The summed E-state index contributed by atoms with van der Waals surface area (Å²) in [6.45, 7) is 4.84. The van der Waals surface area contributed by atoms with Crippen molar-refractivity contribution >= 4 is 17.6 Å². The van der Waals surface area contributed by atoms with Crippen LogP contribution in [0.4, 0.5) is 5.69 Å². The van der Waals surface area contributed by atoms with E-state index in [9.17, 15) is 24.8 Å². The van der Waals surface area contributed by atoms with Gasteiger partial charge in [-0.25, -0.2) is 4.79 Å². The zero-order valence-electron chi connectivity index (χ0n) is 28.7. The van der Waals surface area contributed by atoms with Crippen molar-refractivity contribution in [1.29, 1.82) is 0 Å². The molecule has 0 bridgehead atoms. The fraction of sp³-hybridized carbons (Fsp3) is 0.368. The number of carboxylic acid groups (broad SMARTS) is 1. The van der Waals surface area contributed by atoms with Gasteiger partial charge in [-0.15, -0.1) is 0 Å². The fourth-order valence-corrected chi connectivity index (χ4v) is 7.19. The van der Waals surface area contributed by atoms with Crippen LogP contribution in [0.1, 0.15) is 55.2 Å². The van der Waals surface area contributed by atoms with E-state index < -0.39 is 22.7 Å². The molecule has 0 aliphatic carbocycles. The second-order valence-corrected chi connectivity index (χ2v) is 12.6. The Balaban J connectivity index is 1.31.